The molecule has 0 radical (unpaired) electrons. The summed E-state index contributed by atoms with van der Waals surface area (Å²) >= 11 is 7.79. The van der Waals surface area contributed by atoms with E-state index in [0.29, 0.717) is 22.8 Å². The molecule has 102 valence electrons. The van der Waals surface area contributed by atoms with Gasteiger partial charge in [-0.3, -0.25) is 4.79 Å². The van der Waals surface area contributed by atoms with Crippen LogP contribution in [-0.4, -0.2) is 6.61 Å². The highest BCUT2D eigenvalue weighted by Gasteiger charge is 2.10. The van der Waals surface area contributed by atoms with Crippen LogP contribution >= 0.6 is 22.9 Å². The van der Waals surface area contributed by atoms with Crippen molar-refractivity contribution in [3.05, 3.63) is 51.6 Å². The van der Waals surface area contributed by atoms with Gasteiger partial charge in [-0.2, -0.15) is 0 Å². The number of ether oxygens (including phenoxy) is 1. The maximum atomic E-state index is 12.5. The summed E-state index contributed by atoms with van der Waals surface area (Å²) in [6.45, 7) is 2.62. The Hall–Kier alpha value is -1.58. The average molecular weight is 305 g/mol. The summed E-state index contributed by atoms with van der Waals surface area (Å²) in [6.07, 6.45) is 0.902. The molecule has 0 bridgehead atoms. The van der Waals surface area contributed by atoms with Crippen LogP contribution in [0.1, 0.15) is 13.3 Å². The minimum Gasteiger partial charge on any atom is -0.492 e. The van der Waals surface area contributed by atoms with Crippen LogP contribution in [0.2, 0.25) is 5.02 Å². The van der Waals surface area contributed by atoms with E-state index in [1.165, 1.54) is 0 Å². The first kappa shape index (κ1) is 13.4. The lowest BCUT2D eigenvalue weighted by Gasteiger charge is -2.08. The van der Waals surface area contributed by atoms with Crippen molar-refractivity contribution in [3.63, 3.8) is 0 Å². The summed E-state index contributed by atoms with van der Waals surface area (Å²) in [6, 6.07) is 11.2. The van der Waals surface area contributed by atoms with Crippen LogP contribution in [0.25, 0.3) is 20.2 Å². The maximum absolute atomic E-state index is 12.5. The number of halogens is 1. The van der Waals surface area contributed by atoms with Crippen molar-refractivity contribution in [1.29, 1.82) is 0 Å². The van der Waals surface area contributed by atoms with Crippen LogP contribution in [0.4, 0.5) is 0 Å². The minimum atomic E-state index is 0.0346. The molecule has 0 saturated carbocycles. The monoisotopic (exact) mass is 304 g/mol. The van der Waals surface area contributed by atoms with Crippen molar-refractivity contribution in [1.82, 2.24) is 0 Å². The molecule has 0 spiro atoms. The summed E-state index contributed by atoms with van der Waals surface area (Å²) in [5.74, 6) is 0.584. The molecular formula is C16H13ClO2S. The molecule has 0 aliphatic rings. The van der Waals surface area contributed by atoms with Gasteiger partial charge in [0.25, 0.3) is 0 Å². The summed E-state index contributed by atoms with van der Waals surface area (Å²) in [7, 11) is 0. The molecule has 0 atom stereocenters. The van der Waals surface area contributed by atoms with E-state index in [0.717, 1.165) is 21.2 Å². The highest BCUT2D eigenvalue weighted by molar-refractivity contribution is 7.24. The van der Waals surface area contributed by atoms with Crippen LogP contribution in [0, 0.1) is 0 Å². The molecule has 4 heteroatoms. The van der Waals surface area contributed by atoms with Crippen molar-refractivity contribution in [3.8, 4) is 5.75 Å². The highest BCUT2D eigenvalue weighted by Crippen LogP contribution is 2.33. The maximum Gasteiger partial charge on any atom is 0.196 e. The van der Waals surface area contributed by atoms with Crippen molar-refractivity contribution >= 4 is 43.1 Å². The van der Waals surface area contributed by atoms with Gasteiger partial charge in [-0.05, 0) is 30.7 Å². The minimum absolute atomic E-state index is 0.0346. The molecule has 1 heterocycles. The summed E-state index contributed by atoms with van der Waals surface area (Å²) in [5, 5.41) is 1.97. The van der Waals surface area contributed by atoms with Crippen molar-refractivity contribution < 1.29 is 4.74 Å². The number of hydrogen-bond donors (Lipinski definition) is 0. The van der Waals surface area contributed by atoms with E-state index in [2.05, 4.69) is 0 Å². The second kappa shape index (κ2) is 5.43. The van der Waals surface area contributed by atoms with Crippen LogP contribution < -0.4 is 10.2 Å². The Bertz CT molecular complexity index is 839. The van der Waals surface area contributed by atoms with E-state index in [1.54, 1.807) is 17.4 Å². The molecule has 20 heavy (non-hydrogen) atoms. The summed E-state index contributed by atoms with van der Waals surface area (Å²) in [5.41, 5.74) is 0.0346. The van der Waals surface area contributed by atoms with Crippen molar-refractivity contribution in [2.45, 2.75) is 13.3 Å². The van der Waals surface area contributed by atoms with Gasteiger partial charge in [0.1, 0.15) is 5.75 Å². The standard InChI is InChI=1S/C16H13ClO2S/c1-2-7-19-13-8-11-15(9-12(13)17)20-14-6-4-3-5-10(14)16(11)18/h3-6,8-9H,2,7H2,1H3. The molecule has 1 aromatic heterocycles. The van der Waals surface area contributed by atoms with Gasteiger partial charge in [0, 0.05) is 20.2 Å². The Morgan fingerprint density at radius 2 is 1.95 bits per heavy atom. The topological polar surface area (TPSA) is 26.3 Å². The lowest BCUT2D eigenvalue weighted by atomic mass is 10.2. The highest BCUT2D eigenvalue weighted by atomic mass is 35.5. The van der Waals surface area contributed by atoms with E-state index in [4.69, 9.17) is 16.3 Å². The van der Waals surface area contributed by atoms with Crippen LogP contribution in [0.5, 0.6) is 5.75 Å². The largest absolute Gasteiger partial charge is 0.492 e. The molecule has 0 N–H and O–H groups in total. The fraction of sp³-hybridized carbons (Fsp3) is 0.188. The fourth-order valence-electron chi connectivity index (χ4n) is 2.13. The molecule has 2 nitrogen and oxygen atoms in total. The van der Waals surface area contributed by atoms with E-state index in [-0.39, 0.29) is 5.43 Å². The molecule has 0 fully saturated rings. The normalized spacial score (nSPS) is 11.1. The van der Waals surface area contributed by atoms with Crippen LogP contribution in [0.15, 0.2) is 41.2 Å². The van der Waals surface area contributed by atoms with Gasteiger partial charge in [-0.1, -0.05) is 30.7 Å². The average Bonchev–Trinajstić information content (AvgIpc) is 2.46. The zero-order valence-corrected chi connectivity index (χ0v) is 12.6. The Morgan fingerprint density at radius 1 is 1.15 bits per heavy atom. The molecule has 0 aliphatic carbocycles. The number of benzene rings is 2. The number of rotatable bonds is 3. The lowest BCUT2D eigenvalue weighted by Crippen LogP contribution is -2.02. The van der Waals surface area contributed by atoms with Crippen LogP contribution in [-0.2, 0) is 0 Å². The molecule has 0 aliphatic heterocycles. The first-order valence-corrected chi connectivity index (χ1v) is 7.68. The molecule has 3 aromatic rings. The van der Waals surface area contributed by atoms with Gasteiger partial charge in [0.2, 0.25) is 0 Å². The fourth-order valence-corrected chi connectivity index (χ4v) is 3.50. The summed E-state index contributed by atoms with van der Waals surface area (Å²) in [4.78, 5) is 12.5. The lowest BCUT2D eigenvalue weighted by molar-refractivity contribution is 0.318. The Morgan fingerprint density at radius 3 is 2.75 bits per heavy atom. The molecule has 2 aromatic carbocycles. The molecule has 0 saturated heterocycles. The first-order valence-electron chi connectivity index (χ1n) is 6.48. The molecule has 3 rings (SSSR count). The second-order valence-corrected chi connectivity index (χ2v) is 6.05. The van der Waals surface area contributed by atoms with E-state index in [9.17, 15) is 4.79 Å². The smallest absolute Gasteiger partial charge is 0.196 e. The predicted molar refractivity (Wildman–Crippen MR) is 86.4 cm³/mol. The van der Waals surface area contributed by atoms with Crippen molar-refractivity contribution in [2.24, 2.45) is 0 Å². The van der Waals surface area contributed by atoms with Gasteiger partial charge in [0.05, 0.1) is 11.6 Å². The second-order valence-electron chi connectivity index (χ2n) is 4.55. The van der Waals surface area contributed by atoms with Gasteiger partial charge in [0.15, 0.2) is 5.43 Å². The van der Waals surface area contributed by atoms with Gasteiger partial charge >= 0.3 is 0 Å². The van der Waals surface area contributed by atoms with E-state index >= 15 is 0 Å². The molecule has 0 unspecified atom stereocenters. The summed E-state index contributed by atoms with van der Waals surface area (Å²) < 4.78 is 7.46. The molecule has 0 amide bonds. The Balaban J connectivity index is 2.30. The van der Waals surface area contributed by atoms with Crippen LogP contribution in [0.3, 0.4) is 0 Å². The van der Waals surface area contributed by atoms with Gasteiger partial charge in [-0.25, -0.2) is 0 Å². The first-order chi connectivity index (χ1) is 9.70. The Labute approximate surface area is 125 Å². The zero-order valence-electron chi connectivity index (χ0n) is 11.0. The van der Waals surface area contributed by atoms with Gasteiger partial charge in [-0.15, -0.1) is 11.3 Å². The predicted octanol–water partition coefficient (Wildman–Crippen LogP) is 4.86. The molecular weight excluding hydrogens is 292 g/mol. The zero-order chi connectivity index (χ0) is 14.1. The number of hydrogen-bond acceptors (Lipinski definition) is 3. The van der Waals surface area contributed by atoms with Gasteiger partial charge < -0.3 is 4.74 Å². The quantitative estimate of drug-likeness (QED) is 0.646. The third kappa shape index (κ3) is 2.28. The SMILES string of the molecule is CCCOc1cc2c(=O)c3ccccc3sc2cc1Cl. The number of fused-ring (bicyclic) bond motifs is 2. The third-order valence-electron chi connectivity index (χ3n) is 3.09. The Kier molecular flexibility index (Phi) is 3.64. The van der Waals surface area contributed by atoms with E-state index in [1.807, 2.05) is 37.3 Å². The van der Waals surface area contributed by atoms with Crippen molar-refractivity contribution in [2.75, 3.05) is 6.61 Å². The van der Waals surface area contributed by atoms with E-state index < -0.39 is 0 Å². The third-order valence-corrected chi connectivity index (χ3v) is 4.52.